The summed E-state index contributed by atoms with van der Waals surface area (Å²) in [5, 5.41) is 0. The summed E-state index contributed by atoms with van der Waals surface area (Å²) >= 11 is 0. The number of piperazine rings is 1. The summed E-state index contributed by atoms with van der Waals surface area (Å²) in [5.41, 5.74) is 5.97. The van der Waals surface area contributed by atoms with Crippen molar-refractivity contribution in [2.75, 3.05) is 26.7 Å². The molecule has 0 spiro atoms. The third-order valence-electron chi connectivity index (χ3n) is 3.45. The summed E-state index contributed by atoms with van der Waals surface area (Å²) < 4.78 is 0. The van der Waals surface area contributed by atoms with Gasteiger partial charge in [0, 0.05) is 37.8 Å². The van der Waals surface area contributed by atoms with E-state index in [0.29, 0.717) is 18.1 Å². The molecule has 2 unspecified atom stereocenters. The molecule has 0 radical (unpaired) electrons. The molecule has 1 saturated heterocycles. The van der Waals surface area contributed by atoms with E-state index in [1.807, 2.05) is 0 Å². The maximum atomic E-state index is 5.97. The number of likely N-dealkylation sites (N-methyl/N-ethyl adjacent to an activating group) is 1. The Kier molecular flexibility index (Phi) is 4.35. The van der Waals surface area contributed by atoms with Crippen molar-refractivity contribution in [2.45, 2.75) is 45.3 Å². The lowest BCUT2D eigenvalue weighted by atomic mass is 10.1. The first-order chi connectivity index (χ1) is 6.54. The quantitative estimate of drug-likeness (QED) is 0.728. The molecule has 1 aliphatic heterocycles. The van der Waals surface area contributed by atoms with E-state index in [1.165, 1.54) is 0 Å². The van der Waals surface area contributed by atoms with Gasteiger partial charge in [-0.3, -0.25) is 9.80 Å². The lowest BCUT2D eigenvalue weighted by molar-refractivity contribution is 0.0565. The SMILES string of the molecule is CC[C@H](N)CN1CC(C)N(C)C(C)C1. The van der Waals surface area contributed by atoms with E-state index in [0.717, 1.165) is 26.1 Å². The minimum atomic E-state index is 0.345. The first-order valence-corrected chi connectivity index (χ1v) is 5.74. The highest BCUT2D eigenvalue weighted by molar-refractivity contribution is 4.84. The van der Waals surface area contributed by atoms with E-state index in [2.05, 4.69) is 37.6 Å². The topological polar surface area (TPSA) is 32.5 Å². The molecule has 1 rings (SSSR count). The average molecular weight is 199 g/mol. The zero-order chi connectivity index (χ0) is 10.7. The molecule has 0 aromatic carbocycles. The van der Waals surface area contributed by atoms with Gasteiger partial charge in [0.2, 0.25) is 0 Å². The molecule has 3 atom stereocenters. The fourth-order valence-corrected chi connectivity index (χ4v) is 2.12. The maximum Gasteiger partial charge on any atom is 0.0195 e. The van der Waals surface area contributed by atoms with Crippen molar-refractivity contribution in [3.8, 4) is 0 Å². The van der Waals surface area contributed by atoms with Crippen molar-refractivity contribution in [2.24, 2.45) is 5.73 Å². The molecule has 0 amide bonds. The van der Waals surface area contributed by atoms with Crippen molar-refractivity contribution in [1.82, 2.24) is 9.80 Å². The lowest BCUT2D eigenvalue weighted by Gasteiger charge is -2.43. The fourth-order valence-electron chi connectivity index (χ4n) is 2.12. The van der Waals surface area contributed by atoms with Gasteiger partial charge in [-0.05, 0) is 27.3 Å². The van der Waals surface area contributed by atoms with Gasteiger partial charge in [-0.1, -0.05) is 6.92 Å². The van der Waals surface area contributed by atoms with Crippen LogP contribution in [-0.4, -0.2) is 54.6 Å². The third kappa shape index (κ3) is 2.94. The van der Waals surface area contributed by atoms with E-state index in [-0.39, 0.29) is 0 Å². The molecule has 3 heteroatoms. The monoisotopic (exact) mass is 199 g/mol. The Labute approximate surface area is 88.2 Å². The van der Waals surface area contributed by atoms with Gasteiger partial charge in [0.15, 0.2) is 0 Å². The van der Waals surface area contributed by atoms with E-state index < -0.39 is 0 Å². The molecule has 14 heavy (non-hydrogen) atoms. The van der Waals surface area contributed by atoms with Gasteiger partial charge in [0.1, 0.15) is 0 Å². The molecule has 0 saturated carbocycles. The predicted octanol–water partition coefficient (Wildman–Crippen LogP) is 0.748. The molecule has 0 aliphatic carbocycles. The van der Waals surface area contributed by atoms with Crippen molar-refractivity contribution in [1.29, 1.82) is 0 Å². The molecular formula is C11H25N3. The van der Waals surface area contributed by atoms with Crippen LogP contribution in [0.3, 0.4) is 0 Å². The van der Waals surface area contributed by atoms with Crippen molar-refractivity contribution in [3.63, 3.8) is 0 Å². The Morgan fingerprint density at radius 2 is 1.79 bits per heavy atom. The summed E-state index contributed by atoms with van der Waals surface area (Å²) in [6, 6.07) is 1.66. The predicted molar refractivity (Wildman–Crippen MR) is 61.4 cm³/mol. The summed E-state index contributed by atoms with van der Waals surface area (Å²) in [6.45, 7) is 10.1. The van der Waals surface area contributed by atoms with Crippen LogP contribution >= 0.6 is 0 Å². The van der Waals surface area contributed by atoms with Gasteiger partial charge < -0.3 is 5.73 Å². The number of hydrogen-bond acceptors (Lipinski definition) is 3. The van der Waals surface area contributed by atoms with Gasteiger partial charge in [-0.15, -0.1) is 0 Å². The second-order valence-electron chi connectivity index (χ2n) is 4.75. The molecule has 1 fully saturated rings. The van der Waals surface area contributed by atoms with Crippen molar-refractivity contribution >= 4 is 0 Å². The number of nitrogens with two attached hydrogens (primary N) is 1. The van der Waals surface area contributed by atoms with E-state index in [4.69, 9.17) is 5.73 Å². The Morgan fingerprint density at radius 3 is 2.21 bits per heavy atom. The molecule has 1 heterocycles. The summed E-state index contributed by atoms with van der Waals surface area (Å²) in [6.07, 6.45) is 1.08. The molecule has 0 aromatic rings. The van der Waals surface area contributed by atoms with E-state index >= 15 is 0 Å². The minimum absolute atomic E-state index is 0.345. The normalized spacial score (nSPS) is 33.2. The second-order valence-corrected chi connectivity index (χ2v) is 4.75. The Bertz CT molecular complexity index is 157. The van der Waals surface area contributed by atoms with E-state index in [1.54, 1.807) is 0 Å². The van der Waals surface area contributed by atoms with Crippen LogP contribution in [0.1, 0.15) is 27.2 Å². The van der Waals surface area contributed by atoms with Crippen LogP contribution in [0.25, 0.3) is 0 Å². The first-order valence-electron chi connectivity index (χ1n) is 5.74. The van der Waals surface area contributed by atoms with Gasteiger partial charge in [-0.25, -0.2) is 0 Å². The maximum absolute atomic E-state index is 5.97. The lowest BCUT2D eigenvalue weighted by Crippen LogP contribution is -2.56. The van der Waals surface area contributed by atoms with Gasteiger partial charge in [0.25, 0.3) is 0 Å². The number of rotatable bonds is 3. The zero-order valence-corrected chi connectivity index (χ0v) is 10.0. The zero-order valence-electron chi connectivity index (χ0n) is 10.0. The number of nitrogens with zero attached hydrogens (tertiary/aromatic N) is 2. The van der Waals surface area contributed by atoms with Crippen LogP contribution in [-0.2, 0) is 0 Å². The van der Waals surface area contributed by atoms with Crippen LogP contribution in [0.15, 0.2) is 0 Å². The molecule has 3 nitrogen and oxygen atoms in total. The fraction of sp³-hybridized carbons (Fsp3) is 1.00. The van der Waals surface area contributed by atoms with Gasteiger partial charge >= 0.3 is 0 Å². The van der Waals surface area contributed by atoms with Crippen LogP contribution in [0.2, 0.25) is 0 Å². The highest BCUT2D eigenvalue weighted by atomic mass is 15.3. The van der Waals surface area contributed by atoms with Crippen LogP contribution in [0, 0.1) is 0 Å². The van der Waals surface area contributed by atoms with Gasteiger partial charge in [0.05, 0.1) is 0 Å². The van der Waals surface area contributed by atoms with Crippen molar-refractivity contribution < 1.29 is 0 Å². The highest BCUT2D eigenvalue weighted by Crippen LogP contribution is 2.13. The standard InChI is InChI=1S/C11H25N3/c1-5-11(12)8-14-6-9(2)13(4)10(3)7-14/h9-11H,5-8,12H2,1-4H3/t9?,10?,11-/m0/s1. The summed E-state index contributed by atoms with van der Waals surface area (Å²) in [7, 11) is 2.21. The Morgan fingerprint density at radius 1 is 1.29 bits per heavy atom. The number of hydrogen-bond donors (Lipinski definition) is 1. The second kappa shape index (κ2) is 5.10. The molecule has 0 aromatic heterocycles. The third-order valence-corrected chi connectivity index (χ3v) is 3.45. The highest BCUT2D eigenvalue weighted by Gasteiger charge is 2.26. The molecule has 1 aliphatic rings. The summed E-state index contributed by atoms with van der Waals surface area (Å²) in [4.78, 5) is 4.96. The molecule has 84 valence electrons. The smallest absolute Gasteiger partial charge is 0.0195 e. The Balaban J connectivity index is 2.41. The molecular weight excluding hydrogens is 174 g/mol. The first kappa shape index (κ1) is 12.0. The molecule has 2 N–H and O–H groups in total. The van der Waals surface area contributed by atoms with Gasteiger partial charge in [-0.2, -0.15) is 0 Å². The molecule has 0 bridgehead atoms. The Hall–Kier alpha value is -0.120. The van der Waals surface area contributed by atoms with E-state index in [9.17, 15) is 0 Å². The van der Waals surface area contributed by atoms with Crippen LogP contribution in [0.5, 0.6) is 0 Å². The summed E-state index contributed by atoms with van der Waals surface area (Å²) in [5.74, 6) is 0. The minimum Gasteiger partial charge on any atom is -0.327 e. The largest absolute Gasteiger partial charge is 0.327 e. The average Bonchev–Trinajstić information content (AvgIpc) is 2.14. The van der Waals surface area contributed by atoms with Crippen molar-refractivity contribution in [3.05, 3.63) is 0 Å². The van der Waals surface area contributed by atoms with Crippen LogP contribution in [0.4, 0.5) is 0 Å². The van der Waals surface area contributed by atoms with Crippen LogP contribution < -0.4 is 5.73 Å².